The maximum absolute atomic E-state index is 12.2. The molecule has 0 saturated carbocycles. The summed E-state index contributed by atoms with van der Waals surface area (Å²) >= 11 is 0. The van der Waals surface area contributed by atoms with Crippen molar-refractivity contribution in [3.8, 4) is 0 Å². The van der Waals surface area contributed by atoms with E-state index in [0.29, 0.717) is 6.54 Å². The number of carbonyl (C=O) groups is 2. The minimum Gasteiger partial charge on any atom is -0.396 e. The number of nitrogens with zero attached hydrogens (tertiary/aromatic N) is 2. The third-order valence-corrected chi connectivity index (χ3v) is 3.83. The van der Waals surface area contributed by atoms with Crippen molar-refractivity contribution in [1.82, 2.24) is 9.80 Å². The summed E-state index contributed by atoms with van der Waals surface area (Å²) in [4.78, 5) is 27.5. The van der Waals surface area contributed by atoms with E-state index in [1.54, 1.807) is 9.80 Å². The van der Waals surface area contributed by atoms with Crippen molar-refractivity contribution in [2.75, 3.05) is 26.2 Å². The van der Waals surface area contributed by atoms with E-state index in [-0.39, 0.29) is 31.0 Å². The molecule has 0 aliphatic carbocycles. The lowest BCUT2D eigenvalue weighted by Gasteiger charge is -2.36. The van der Waals surface area contributed by atoms with Crippen LogP contribution in [0.5, 0.6) is 0 Å². The van der Waals surface area contributed by atoms with Gasteiger partial charge in [0.2, 0.25) is 11.8 Å². The number of carbonyl (C=O) groups excluding carboxylic acids is 2. The molecule has 0 aromatic heterocycles. The van der Waals surface area contributed by atoms with Gasteiger partial charge in [-0.3, -0.25) is 9.59 Å². The van der Waals surface area contributed by atoms with Gasteiger partial charge in [-0.25, -0.2) is 0 Å². The second-order valence-corrected chi connectivity index (χ2v) is 5.14. The molecule has 0 spiro atoms. The number of amides is 2. The van der Waals surface area contributed by atoms with Crippen LogP contribution in [0.25, 0.3) is 0 Å². The highest BCUT2D eigenvalue weighted by atomic mass is 16.3. The number of hydrogen-bond donors (Lipinski definition) is 1. The zero-order valence-electron chi connectivity index (χ0n) is 10.8. The third-order valence-electron chi connectivity index (χ3n) is 3.83. The predicted molar refractivity (Wildman–Crippen MR) is 66.9 cm³/mol. The average Bonchev–Trinajstić information content (AvgIpc) is 2.84. The molecular weight excluding hydrogens is 232 g/mol. The number of aliphatic hydroxyl groups is 1. The summed E-state index contributed by atoms with van der Waals surface area (Å²) in [5.41, 5.74) is 0. The molecule has 5 heteroatoms. The van der Waals surface area contributed by atoms with E-state index in [1.165, 1.54) is 0 Å². The number of hydrogen-bond acceptors (Lipinski definition) is 3. The Bertz CT molecular complexity index is 319. The summed E-state index contributed by atoms with van der Waals surface area (Å²) < 4.78 is 0. The van der Waals surface area contributed by atoms with Crippen molar-refractivity contribution in [3.05, 3.63) is 0 Å². The van der Waals surface area contributed by atoms with Gasteiger partial charge in [0, 0.05) is 19.7 Å². The monoisotopic (exact) mass is 254 g/mol. The molecule has 2 rings (SSSR count). The van der Waals surface area contributed by atoms with Gasteiger partial charge in [0.15, 0.2) is 0 Å². The zero-order chi connectivity index (χ0) is 13.0. The molecule has 2 aliphatic heterocycles. The van der Waals surface area contributed by atoms with E-state index < -0.39 is 0 Å². The van der Waals surface area contributed by atoms with Gasteiger partial charge in [0.25, 0.3) is 0 Å². The van der Waals surface area contributed by atoms with Crippen LogP contribution >= 0.6 is 0 Å². The number of piperazine rings is 1. The largest absolute Gasteiger partial charge is 0.396 e. The molecule has 2 aliphatic rings. The SMILES string of the molecule is O=C1C2CCCN2C(=O)CN1CCCCCCO. The molecule has 0 bridgehead atoms. The molecule has 2 amide bonds. The molecule has 102 valence electrons. The minimum absolute atomic E-state index is 0.104. The Kier molecular flexibility index (Phi) is 4.58. The van der Waals surface area contributed by atoms with E-state index in [9.17, 15) is 9.59 Å². The maximum Gasteiger partial charge on any atom is 0.245 e. The fourth-order valence-corrected chi connectivity index (χ4v) is 2.82. The molecule has 0 aromatic rings. The summed E-state index contributed by atoms with van der Waals surface area (Å²) in [6.45, 7) is 1.92. The topological polar surface area (TPSA) is 60.9 Å². The van der Waals surface area contributed by atoms with Gasteiger partial charge in [-0.2, -0.15) is 0 Å². The molecule has 1 N–H and O–H groups in total. The molecule has 2 heterocycles. The fraction of sp³-hybridized carbons (Fsp3) is 0.846. The van der Waals surface area contributed by atoms with Crippen LogP contribution in [0, 0.1) is 0 Å². The Labute approximate surface area is 108 Å². The Balaban J connectivity index is 1.78. The molecule has 1 unspecified atom stereocenters. The molecule has 0 radical (unpaired) electrons. The van der Waals surface area contributed by atoms with E-state index in [4.69, 9.17) is 5.11 Å². The van der Waals surface area contributed by atoms with Crippen LogP contribution < -0.4 is 0 Å². The second kappa shape index (κ2) is 6.18. The normalized spacial score (nSPS) is 23.7. The van der Waals surface area contributed by atoms with Gasteiger partial charge in [0.1, 0.15) is 6.04 Å². The average molecular weight is 254 g/mol. The van der Waals surface area contributed by atoms with Crippen LogP contribution in [-0.4, -0.2) is 59.0 Å². The summed E-state index contributed by atoms with van der Waals surface area (Å²) in [5.74, 6) is 0.238. The first-order chi connectivity index (χ1) is 8.74. The van der Waals surface area contributed by atoms with Crippen LogP contribution in [0.4, 0.5) is 0 Å². The summed E-state index contributed by atoms with van der Waals surface area (Å²) in [6.07, 6.45) is 5.52. The fourth-order valence-electron chi connectivity index (χ4n) is 2.82. The van der Waals surface area contributed by atoms with E-state index >= 15 is 0 Å². The Morgan fingerprint density at radius 3 is 2.72 bits per heavy atom. The highest BCUT2D eigenvalue weighted by Crippen LogP contribution is 2.23. The van der Waals surface area contributed by atoms with Gasteiger partial charge < -0.3 is 14.9 Å². The van der Waals surface area contributed by atoms with E-state index in [2.05, 4.69) is 0 Å². The number of rotatable bonds is 6. The van der Waals surface area contributed by atoms with Crippen molar-refractivity contribution in [2.24, 2.45) is 0 Å². The number of fused-ring (bicyclic) bond motifs is 1. The molecule has 1 atom stereocenters. The standard InChI is InChI=1S/C13H22N2O3/c16-9-4-2-1-3-7-14-10-12(17)15-8-5-6-11(15)13(14)18/h11,16H,1-10H2. The summed E-state index contributed by atoms with van der Waals surface area (Å²) in [5, 5.41) is 8.68. The lowest BCUT2D eigenvalue weighted by atomic mass is 10.1. The third kappa shape index (κ3) is 2.83. The van der Waals surface area contributed by atoms with Crippen LogP contribution in [0.15, 0.2) is 0 Å². The quantitative estimate of drug-likeness (QED) is 0.697. The van der Waals surface area contributed by atoms with Crippen molar-refractivity contribution < 1.29 is 14.7 Å². The molecule has 18 heavy (non-hydrogen) atoms. The predicted octanol–water partition coefficient (Wildman–Crippen LogP) is 0.372. The van der Waals surface area contributed by atoms with Gasteiger partial charge in [-0.05, 0) is 25.7 Å². The Hall–Kier alpha value is -1.10. The zero-order valence-corrected chi connectivity index (χ0v) is 10.8. The maximum atomic E-state index is 12.2. The lowest BCUT2D eigenvalue weighted by molar-refractivity contribution is -0.153. The highest BCUT2D eigenvalue weighted by molar-refractivity contribution is 5.95. The Morgan fingerprint density at radius 1 is 1.17 bits per heavy atom. The van der Waals surface area contributed by atoms with Gasteiger partial charge in [-0.1, -0.05) is 12.8 Å². The summed E-state index contributed by atoms with van der Waals surface area (Å²) in [7, 11) is 0. The van der Waals surface area contributed by atoms with Gasteiger partial charge in [0.05, 0.1) is 6.54 Å². The molecule has 5 nitrogen and oxygen atoms in total. The first kappa shape index (κ1) is 13.3. The highest BCUT2D eigenvalue weighted by Gasteiger charge is 2.41. The number of unbranched alkanes of at least 4 members (excludes halogenated alkanes) is 3. The lowest BCUT2D eigenvalue weighted by Crippen LogP contribution is -2.57. The van der Waals surface area contributed by atoms with Crippen molar-refractivity contribution in [3.63, 3.8) is 0 Å². The van der Waals surface area contributed by atoms with Crippen LogP contribution in [0.2, 0.25) is 0 Å². The van der Waals surface area contributed by atoms with E-state index in [1.807, 2.05) is 0 Å². The number of aliphatic hydroxyl groups excluding tert-OH is 1. The molecule has 2 fully saturated rings. The van der Waals surface area contributed by atoms with Gasteiger partial charge in [-0.15, -0.1) is 0 Å². The minimum atomic E-state index is -0.177. The smallest absolute Gasteiger partial charge is 0.245 e. The molecular formula is C13H22N2O3. The van der Waals surface area contributed by atoms with Crippen LogP contribution in [0.3, 0.4) is 0 Å². The van der Waals surface area contributed by atoms with Crippen LogP contribution in [-0.2, 0) is 9.59 Å². The van der Waals surface area contributed by atoms with Crippen molar-refractivity contribution in [1.29, 1.82) is 0 Å². The molecule has 2 saturated heterocycles. The van der Waals surface area contributed by atoms with Gasteiger partial charge >= 0.3 is 0 Å². The van der Waals surface area contributed by atoms with Crippen molar-refractivity contribution in [2.45, 2.75) is 44.6 Å². The van der Waals surface area contributed by atoms with E-state index in [0.717, 1.165) is 45.1 Å². The first-order valence-corrected chi connectivity index (χ1v) is 6.93. The van der Waals surface area contributed by atoms with Crippen LogP contribution in [0.1, 0.15) is 38.5 Å². The Morgan fingerprint density at radius 2 is 1.94 bits per heavy atom. The van der Waals surface area contributed by atoms with Crippen molar-refractivity contribution >= 4 is 11.8 Å². The molecule has 0 aromatic carbocycles. The second-order valence-electron chi connectivity index (χ2n) is 5.14. The first-order valence-electron chi connectivity index (χ1n) is 6.93. The summed E-state index contributed by atoms with van der Waals surface area (Å²) in [6, 6.07) is -0.177.